The van der Waals surface area contributed by atoms with Crippen LogP contribution in [0.15, 0.2) is 12.3 Å². The maximum Gasteiger partial charge on any atom is 0.288 e. The molecule has 1 atom stereocenters. The summed E-state index contributed by atoms with van der Waals surface area (Å²) in [5.74, 6) is -0.0232. The van der Waals surface area contributed by atoms with Crippen molar-refractivity contribution in [2.45, 2.75) is 39.2 Å². The number of amides is 1. The van der Waals surface area contributed by atoms with Gasteiger partial charge in [0, 0.05) is 19.2 Å². The summed E-state index contributed by atoms with van der Waals surface area (Å²) in [6, 6.07) is 1.26. The number of carbonyl (C=O) groups excluding carboxylic acids is 1. The third-order valence-corrected chi connectivity index (χ3v) is 2.93. The van der Waals surface area contributed by atoms with Crippen LogP contribution in [-0.2, 0) is 0 Å². The molecule has 0 aliphatic carbocycles. The van der Waals surface area contributed by atoms with Gasteiger partial charge in [-0.05, 0) is 13.3 Å². The summed E-state index contributed by atoms with van der Waals surface area (Å²) in [5.41, 5.74) is -0.0135. The second kappa shape index (κ2) is 7.42. The number of nitrogens with zero attached hydrogens (tertiary/aromatic N) is 2. The van der Waals surface area contributed by atoms with Crippen LogP contribution in [0.4, 0.5) is 11.5 Å². The van der Waals surface area contributed by atoms with Gasteiger partial charge in [0.2, 0.25) is 0 Å². The topological polar surface area (TPSA) is 97.2 Å². The first-order valence-electron chi connectivity index (χ1n) is 6.62. The number of nitrogens with one attached hydrogen (secondary N) is 2. The molecule has 20 heavy (non-hydrogen) atoms. The van der Waals surface area contributed by atoms with Crippen molar-refractivity contribution in [1.29, 1.82) is 0 Å². The van der Waals surface area contributed by atoms with Gasteiger partial charge in [-0.1, -0.05) is 19.8 Å². The second-order valence-electron chi connectivity index (χ2n) is 4.61. The number of pyridine rings is 1. The standard InChI is InChI=1S/C13H20N4O3/c1-4-5-6-9(2)16-13(18)11-7-10(17(19)20)8-15-12(11)14-3/h7-9H,4-6H2,1-3H3,(H,14,15)(H,16,18). The lowest BCUT2D eigenvalue weighted by Gasteiger charge is -2.14. The minimum absolute atomic E-state index is 0.0198. The highest BCUT2D eigenvalue weighted by molar-refractivity contribution is 5.99. The summed E-state index contributed by atoms with van der Waals surface area (Å²) in [5, 5.41) is 16.3. The maximum atomic E-state index is 12.2. The third kappa shape index (κ3) is 4.18. The minimum atomic E-state index is -0.566. The molecular formula is C13H20N4O3. The van der Waals surface area contributed by atoms with Crippen LogP contribution in [-0.4, -0.2) is 28.9 Å². The Kier molecular flexibility index (Phi) is 5.89. The molecule has 0 aliphatic rings. The van der Waals surface area contributed by atoms with Gasteiger partial charge in [-0.25, -0.2) is 4.98 Å². The number of hydrogen-bond acceptors (Lipinski definition) is 5. The lowest BCUT2D eigenvalue weighted by atomic mass is 10.1. The lowest BCUT2D eigenvalue weighted by molar-refractivity contribution is -0.385. The largest absolute Gasteiger partial charge is 0.372 e. The summed E-state index contributed by atoms with van der Waals surface area (Å²) in [6.45, 7) is 4.00. The van der Waals surface area contributed by atoms with Gasteiger partial charge in [-0.2, -0.15) is 0 Å². The van der Waals surface area contributed by atoms with Crippen LogP contribution in [0.5, 0.6) is 0 Å². The quantitative estimate of drug-likeness (QED) is 0.590. The molecule has 0 fully saturated rings. The van der Waals surface area contributed by atoms with E-state index in [0.717, 1.165) is 25.5 Å². The zero-order chi connectivity index (χ0) is 15.1. The molecule has 0 spiro atoms. The first-order valence-corrected chi connectivity index (χ1v) is 6.62. The van der Waals surface area contributed by atoms with E-state index in [0.29, 0.717) is 5.82 Å². The number of rotatable bonds is 7. The number of unbranched alkanes of at least 4 members (excludes halogenated alkanes) is 1. The fourth-order valence-corrected chi connectivity index (χ4v) is 1.81. The molecule has 0 saturated carbocycles. The Bertz CT molecular complexity index is 491. The first kappa shape index (κ1) is 15.9. The molecule has 0 bridgehead atoms. The molecule has 1 rings (SSSR count). The molecule has 0 aromatic carbocycles. The van der Waals surface area contributed by atoms with Crippen LogP contribution < -0.4 is 10.6 Å². The van der Waals surface area contributed by atoms with E-state index in [1.54, 1.807) is 7.05 Å². The van der Waals surface area contributed by atoms with E-state index in [1.807, 2.05) is 6.92 Å². The molecule has 7 heteroatoms. The molecule has 7 nitrogen and oxygen atoms in total. The average Bonchev–Trinajstić information content (AvgIpc) is 2.44. The number of nitro groups is 1. The van der Waals surface area contributed by atoms with Gasteiger partial charge in [-0.3, -0.25) is 14.9 Å². The average molecular weight is 280 g/mol. The first-order chi connectivity index (χ1) is 9.49. The van der Waals surface area contributed by atoms with Gasteiger partial charge in [0.05, 0.1) is 10.5 Å². The van der Waals surface area contributed by atoms with E-state index < -0.39 is 4.92 Å². The summed E-state index contributed by atoms with van der Waals surface area (Å²) >= 11 is 0. The fourth-order valence-electron chi connectivity index (χ4n) is 1.81. The number of aromatic nitrogens is 1. The van der Waals surface area contributed by atoms with Gasteiger partial charge in [0.25, 0.3) is 11.6 Å². The van der Waals surface area contributed by atoms with Crippen molar-refractivity contribution < 1.29 is 9.72 Å². The van der Waals surface area contributed by atoms with Crippen LogP contribution >= 0.6 is 0 Å². The van der Waals surface area contributed by atoms with Gasteiger partial charge >= 0.3 is 0 Å². The van der Waals surface area contributed by atoms with Crippen molar-refractivity contribution in [3.05, 3.63) is 27.9 Å². The van der Waals surface area contributed by atoms with E-state index >= 15 is 0 Å². The van der Waals surface area contributed by atoms with Crippen molar-refractivity contribution >= 4 is 17.4 Å². The van der Waals surface area contributed by atoms with E-state index in [4.69, 9.17) is 0 Å². The predicted molar refractivity (Wildman–Crippen MR) is 76.9 cm³/mol. The SMILES string of the molecule is CCCCC(C)NC(=O)c1cc([N+](=O)[O-])cnc1NC. The molecule has 2 N–H and O–H groups in total. The van der Waals surface area contributed by atoms with Crippen LogP contribution in [0.2, 0.25) is 0 Å². The number of hydrogen-bond donors (Lipinski definition) is 2. The van der Waals surface area contributed by atoms with E-state index in [-0.39, 0.29) is 23.2 Å². The van der Waals surface area contributed by atoms with Gasteiger partial charge in [0.15, 0.2) is 0 Å². The summed E-state index contributed by atoms with van der Waals surface area (Å²) in [6.07, 6.45) is 4.08. The number of anilines is 1. The Morgan fingerprint density at radius 1 is 1.55 bits per heavy atom. The Morgan fingerprint density at radius 2 is 2.25 bits per heavy atom. The Labute approximate surface area is 117 Å². The summed E-state index contributed by atoms with van der Waals surface area (Å²) in [7, 11) is 1.62. The highest BCUT2D eigenvalue weighted by Gasteiger charge is 2.18. The predicted octanol–water partition coefficient (Wildman–Crippen LogP) is 2.34. The fraction of sp³-hybridized carbons (Fsp3) is 0.538. The van der Waals surface area contributed by atoms with Crippen molar-refractivity contribution in [1.82, 2.24) is 10.3 Å². The molecule has 1 unspecified atom stereocenters. The maximum absolute atomic E-state index is 12.2. The zero-order valence-electron chi connectivity index (χ0n) is 12.0. The molecular weight excluding hydrogens is 260 g/mol. The normalized spacial score (nSPS) is 11.8. The third-order valence-electron chi connectivity index (χ3n) is 2.93. The molecule has 1 aromatic heterocycles. The Balaban J connectivity index is 2.89. The minimum Gasteiger partial charge on any atom is -0.372 e. The highest BCUT2D eigenvalue weighted by atomic mass is 16.6. The summed E-state index contributed by atoms with van der Waals surface area (Å²) < 4.78 is 0. The van der Waals surface area contributed by atoms with Gasteiger partial charge in [-0.15, -0.1) is 0 Å². The number of carbonyl (C=O) groups is 1. The molecule has 1 amide bonds. The molecule has 0 radical (unpaired) electrons. The smallest absolute Gasteiger partial charge is 0.288 e. The molecule has 0 saturated heterocycles. The van der Waals surface area contributed by atoms with E-state index in [9.17, 15) is 14.9 Å². The van der Waals surface area contributed by atoms with E-state index in [2.05, 4.69) is 22.5 Å². The van der Waals surface area contributed by atoms with E-state index in [1.165, 1.54) is 6.07 Å². The molecule has 0 aliphatic heterocycles. The van der Waals surface area contributed by atoms with Crippen molar-refractivity contribution in [3.63, 3.8) is 0 Å². The van der Waals surface area contributed by atoms with Crippen LogP contribution in [0.25, 0.3) is 0 Å². The van der Waals surface area contributed by atoms with Crippen LogP contribution in [0.1, 0.15) is 43.5 Å². The van der Waals surface area contributed by atoms with Crippen LogP contribution in [0, 0.1) is 10.1 Å². The zero-order valence-corrected chi connectivity index (χ0v) is 12.0. The second-order valence-corrected chi connectivity index (χ2v) is 4.61. The Morgan fingerprint density at radius 3 is 2.80 bits per heavy atom. The molecule has 1 heterocycles. The van der Waals surface area contributed by atoms with Crippen molar-refractivity contribution in [2.24, 2.45) is 0 Å². The molecule has 110 valence electrons. The van der Waals surface area contributed by atoms with Crippen molar-refractivity contribution in [3.8, 4) is 0 Å². The molecule has 1 aromatic rings. The van der Waals surface area contributed by atoms with Crippen molar-refractivity contribution in [2.75, 3.05) is 12.4 Å². The summed E-state index contributed by atoms with van der Waals surface area (Å²) in [4.78, 5) is 26.2. The van der Waals surface area contributed by atoms with Gasteiger partial charge in [0.1, 0.15) is 12.0 Å². The Hall–Kier alpha value is -2.18. The lowest BCUT2D eigenvalue weighted by Crippen LogP contribution is -2.33. The van der Waals surface area contributed by atoms with Gasteiger partial charge < -0.3 is 10.6 Å². The monoisotopic (exact) mass is 280 g/mol. The highest BCUT2D eigenvalue weighted by Crippen LogP contribution is 2.19. The van der Waals surface area contributed by atoms with Crippen LogP contribution in [0.3, 0.4) is 0 Å².